The Bertz CT molecular complexity index is 991. The Labute approximate surface area is 188 Å². The van der Waals surface area contributed by atoms with Crippen LogP contribution in [-0.2, 0) is 13.2 Å². The van der Waals surface area contributed by atoms with Crippen molar-refractivity contribution in [1.82, 2.24) is 0 Å². The zero-order chi connectivity index (χ0) is 20.1. The van der Waals surface area contributed by atoms with E-state index >= 15 is 0 Å². The van der Waals surface area contributed by atoms with Crippen LogP contribution in [0.4, 0.5) is 5.69 Å². The number of halogens is 3. The summed E-state index contributed by atoms with van der Waals surface area (Å²) in [5, 5.41) is 12.4. The number of rotatable bonds is 7. The van der Waals surface area contributed by atoms with E-state index in [1.807, 2.05) is 42.5 Å². The van der Waals surface area contributed by atoms with Crippen LogP contribution in [0.25, 0.3) is 0 Å². The number of nitrogens with one attached hydrogen (secondary N) is 1. The van der Waals surface area contributed by atoms with E-state index in [1.54, 1.807) is 18.2 Å². The van der Waals surface area contributed by atoms with E-state index < -0.39 is 5.97 Å². The van der Waals surface area contributed by atoms with Gasteiger partial charge in [-0.05, 0) is 64.0 Å². The van der Waals surface area contributed by atoms with E-state index in [9.17, 15) is 4.79 Å². The zero-order valence-electron chi connectivity index (χ0n) is 14.6. The summed E-state index contributed by atoms with van der Waals surface area (Å²) in [5.41, 5.74) is 2.98. The topological polar surface area (TPSA) is 58.6 Å². The van der Waals surface area contributed by atoms with E-state index in [-0.39, 0.29) is 5.56 Å². The quantitative estimate of drug-likeness (QED) is 0.326. The fraction of sp³-hybridized carbons (Fsp3) is 0.0952. The molecule has 0 atom stereocenters. The van der Waals surface area contributed by atoms with Crippen LogP contribution in [0.1, 0.15) is 21.5 Å². The number of carboxylic acids is 1. The second-order valence-electron chi connectivity index (χ2n) is 6.03. The summed E-state index contributed by atoms with van der Waals surface area (Å²) in [6.45, 7) is 0.922. The van der Waals surface area contributed by atoms with Crippen LogP contribution in [0.3, 0.4) is 0 Å². The molecular formula is C21H16Br3NO3. The van der Waals surface area contributed by atoms with Gasteiger partial charge in [-0.2, -0.15) is 0 Å². The van der Waals surface area contributed by atoms with Gasteiger partial charge in [-0.1, -0.05) is 50.1 Å². The summed E-state index contributed by atoms with van der Waals surface area (Å²) in [7, 11) is 0. The van der Waals surface area contributed by atoms with Crippen LogP contribution in [0.5, 0.6) is 5.75 Å². The van der Waals surface area contributed by atoms with Crippen molar-refractivity contribution in [2.75, 3.05) is 5.32 Å². The fourth-order valence-corrected chi connectivity index (χ4v) is 4.29. The molecule has 3 aromatic carbocycles. The number of carboxylic acid groups (broad SMARTS) is 1. The molecule has 0 aromatic heterocycles. The maximum atomic E-state index is 11.1. The van der Waals surface area contributed by atoms with Crippen LogP contribution >= 0.6 is 47.8 Å². The maximum Gasteiger partial charge on any atom is 0.335 e. The highest BCUT2D eigenvalue weighted by Gasteiger charge is 2.12. The van der Waals surface area contributed by atoms with Gasteiger partial charge in [0, 0.05) is 26.7 Å². The highest BCUT2D eigenvalue weighted by molar-refractivity contribution is 9.11. The molecule has 0 radical (unpaired) electrons. The van der Waals surface area contributed by atoms with Gasteiger partial charge in [0.15, 0.2) is 0 Å². The lowest BCUT2D eigenvalue weighted by Crippen LogP contribution is -2.05. The molecule has 0 aliphatic rings. The van der Waals surface area contributed by atoms with Gasteiger partial charge in [0.2, 0.25) is 0 Å². The molecule has 0 bridgehead atoms. The van der Waals surface area contributed by atoms with Gasteiger partial charge in [0.05, 0.1) is 10.0 Å². The minimum atomic E-state index is -0.952. The van der Waals surface area contributed by atoms with Crippen LogP contribution in [-0.4, -0.2) is 11.1 Å². The molecule has 0 unspecified atom stereocenters. The molecule has 2 N–H and O–H groups in total. The Morgan fingerprint density at radius 1 is 0.964 bits per heavy atom. The second-order valence-corrected chi connectivity index (χ2v) is 8.72. The Balaban J connectivity index is 1.77. The Morgan fingerprint density at radius 2 is 1.71 bits per heavy atom. The summed E-state index contributed by atoms with van der Waals surface area (Å²) < 4.78 is 8.87. The van der Waals surface area contributed by atoms with Crippen LogP contribution in [0, 0.1) is 0 Å². The molecular weight excluding hydrogens is 554 g/mol. The lowest BCUT2D eigenvalue weighted by atomic mass is 10.1. The normalized spacial score (nSPS) is 10.5. The highest BCUT2D eigenvalue weighted by Crippen LogP contribution is 2.34. The number of hydrogen-bond acceptors (Lipinski definition) is 3. The first kappa shape index (κ1) is 20.9. The van der Waals surface area contributed by atoms with Gasteiger partial charge >= 0.3 is 5.97 Å². The van der Waals surface area contributed by atoms with Crippen molar-refractivity contribution in [3.05, 3.63) is 90.8 Å². The molecule has 3 aromatic rings. The number of benzene rings is 3. The van der Waals surface area contributed by atoms with Crippen molar-refractivity contribution in [2.24, 2.45) is 0 Å². The zero-order valence-corrected chi connectivity index (χ0v) is 19.3. The van der Waals surface area contributed by atoms with E-state index in [2.05, 4.69) is 53.1 Å². The van der Waals surface area contributed by atoms with Crippen molar-refractivity contribution in [2.45, 2.75) is 13.2 Å². The summed E-state index contributed by atoms with van der Waals surface area (Å²) in [5.74, 6) is -0.208. The molecule has 0 amide bonds. The molecule has 3 rings (SSSR count). The van der Waals surface area contributed by atoms with E-state index in [1.165, 1.54) is 0 Å². The van der Waals surface area contributed by atoms with E-state index in [0.29, 0.717) is 13.2 Å². The van der Waals surface area contributed by atoms with E-state index in [4.69, 9.17) is 9.84 Å². The van der Waals surface area contributed by atoms with E-state index in [0.717, 1.165) is 36.0 Å². The van der Waals surface area contributed by atoms with Gasteiger partial charge in [-0.25, -0.2) is 4.79 Å². The predicted octanol–water partition coefficient (Wildman–Crippen LogP) is 6.86. The van der Waals surface area contributed by atoms with Gasteiger partial charge < -0.3 is 15.2 Å². The van der Waals surface area contributed by atoms with Crippen molar-refractivity contribution in [1.29, 1.82) is 0 Å². The minimum absolute atomic E-state index is 0.243. The average molecular weight is 570 g/mol. The number of carbonyl (C=O) groups is 1. The first-order valence-electron chi connectivity index (χ1n) is 8.35. The predicted molar refractivity (Wildman–Crippen MR) is 121 cm³/mol. The van der Waals surface area contributed by atoms with Crippen LogP contribution < -0.4 is 10.1 Å². The molecule has 0 fully saturated rings. The number of ether oxygens (including phenoxy) is 1. The average Bonchev–Trinajstić information content (AvgIpc) is 2.67. The minimum Gasteiger partial charge on any atom is -0.487 e. The summed E-state index contributed by atoms with van der Waals surface area (Å²) in [6, 6.07) is 18.6. The first-order valence-corrected chi connectivity index (χ1v) is 10.7. The Kier molecular flexibility index (Phi) is 7.15. The van der Waals surface area contributed by atoms with Gasteiger partial charge in [-0.3, -0.25) is 0 Å². The first-order chi connectivity index (χ1) is 13.4. The SMILES string of the molecule is O=C(O)c1cccc(NCc2cc(Br)cc(Br)c2OCc2ccc(Br)cc2)c1. The molecule has 0 spiro atoms. The molecule has 7 heteroatoms. The van der Waals surface area contributed by atoms with Crippen molar-refractivity contribution < 1.29 is 14.6 Å². The van der Waals surface area contributed by atoms with Crippen molar-refractivity contribution in [3.8, 4) is 5.75 Å². The Morgan fingerprint density at radius 3 is 2.43 bits per heavy atom. The van der Waals surface area contributed by atoms with Gasteiger partial charge in [-0.15, -0.1) is 0 Å². The smallest absolute Gasteiger partial charge is 0.335 e. The highest BCUT2D eigenvalue weighted by atomic mass is 79.9. The summed E-state index contributed by atoms with van der Waals surface area (Å²) in [4.78, 5) is 11.1. The Hall–Kier alpha value is -1.83. The van der Waals surface area contributed by atoms with Crippen LogP contribution in [0.15, 0.2) is 74.1 Å². The van der Waals surface area contributed by atoms with Gasteiger partial charge in [0.1, 0.15) is 12.4 Å². The molecule has 4 nitrogen and oxygen atoms in total. The van der Waals surface area contributed by atoms with Crippen molar-refractivity contribution >= 4 is 59.4 Å². The summed E-state index contributed by atoms with van der Waals surface area (Å²) >= 11 is 10.5. The lowest BCUT2D eigenvalue weighted by molar-refractivity contribution is 0.0697. The van der Waals surface area contributed by atoms with Gasteiger partial charge in [0.25, 0.3) is 0 Å². The standard InChI is InChI=1S/C21H16Br3NO3/c22-16-6-4-13(5-7-16)12-28-20-15(8-17(23)10-19(20)24)11-25-18-3-1-2-14(9-18)21(26)27/h1-10,25H,11-12H2,(H,26,27). The molecule has 0 aliphatic heterocycles. The third-order valence-corrected chi connectivity index (χ3v) is 5.55. The number of anilines is 1. The maximum absolute atomic E-state index is 11.1. The third kappa shape index (κ3) is 5.59. The lowest BCUT2D eigenvalue weighted by Gasteiger charge is -2.16. The van der Waals surface area contributed by atoms with Crippen LogP contribution in [0.2, 0.25) is 0 Å². The molecule has 0 saturated carbocycles. The number of hydrogen-bond donors (Lipinski definition) is 2. The van der Waals surface area contributed by atoms with Crippen molar-refractivity contribution in [3.63, 3.8) is 0 Å². The third-order valence-electron chi connectivity index (χ3n) is 3.97. The second kappa shape index (κ2) is 9.58. The summed E-state index contributed by atoms with van der Waals surface area (Å²) in [6.07, 6.45) is 0. The largest absolute Gasteiger partial charge is 0.487 e. The molecule has 144 valence electrons. The fourth-order valence-electron chi connectivity index (χ4n) is 2.60. The molecule has 0 heterocycles. The monoisotopic (exact) mass is 567 g/mol. The number of aromatic carboxylic acids is 1. The molecule has 28 heavy (non-hydrogen) atoms. The molecule has 0 saturated heterocycles. The molecule has 0 aliphatic carbocycles.